The molecule has 3 aromatic rings. The fraction of sp³-hybridized carbons (Fsp3) is 0.455. The molecule has 1 N–H and O–H groups in total. The molecule has 0 bridgehead atoms. The Hall–Kier alpha value is -2.15. The molecule has 6 nitrogen and oxygen atoms in total. The third kappa shape index (κ3) is 4.89. The van der Waals surface area contributed by atoms with E-state index in [4.69, 9.17) is 11.6 Å². The smallest absolute Gasteiger partial charge is 0.309 e. The number of fused-ring (bicyclic) bond motifs is 1. The summed E-state index contributed by atoms with van der Waals surface area (Å²) < 4.78 is 3.24. The van der Waals surface area contributed by atoms with Crippen molar-refractivity contribution >= 4 is 17.1 Å². The Kier molecular flexibility index (Phi) is 7.11. The van der Waals surface area contributed by atoms with E-state index in [1.54, 1.807) is 0 Å². The van der Waals surface area contributed by atoms with Crippen LogP contribution in [0.5, 0.6) is 0 Å². The molecule has 0 radical (unpaired) electrons. The van der Waals surface area contributed by atoms with Crippen molar-refractivity contribution in [1.29, 1.82) is 0 Å². The zero-order valence-electron chi connectivity index (χ0n) is 17.7. The van der Waals surface area contributed by atoms with Gasteiger partial charge in [0.2, 0.25) is 0 Å². The summed E-state index contributed by atoms with van der Waals surface area (Å²) in [5.41, 5.74) is 3.19. The van der Waals surface area contributed by atoms with Crippen LogP contribution in [0.4, 0.5) is 0 Å². The summed E-state index contributed by atoms with van der Waals surface area (Å²) >= 11 is 6.45. The molecule has 0 saturated carbocycles. The fourth-order valence-corrected chi connectivity index (χ4v) is 3.75. The summed E-state index contributed by atoms with van der Waals surface area (Å²) in [5.74, 6) is 0. The predicted octanol–water partition coefficient (Wildman–Crippen LogP) is 3.50. The largest absolute Gasteiger partial charge is 0.349 e. The lowest BCUT2D eigenvalue weighted by molar-refractivity contribution is 0.381. The summed E-state index contributed by atoms with van der Waals surface area (Å²) in [6.07, 6.45) is 1.91. The van der Waals surface area contributed by atoms with Gasteiger partial charge in [0.1, 0.15) is 0 Å². The van der Waals surface area contributed by atoms with Crippen molar-refractivity contribution in [1.82, 2.24) is 24.4 Å². The van der Waals surface area contributed by atoms with Gasteiger partial charge < -0.3 is 10.2 Å². The Morgan fingerprint density at radius 3 is 2.62 bits per heavy atom. The van der Waals surface area contributed by atoms with E-state index in [0.717, 1.165) is 37.2 Å². The Morgan fingerprint density at radius 1 is 1.24 bits per heavy atom. The number of hydrogen-bond donors (Lipinski definition) is 1. The second-order valence-corrected chi connectivity index (χ2v) is 8.07. The first kappa shape index (κ1) is 21.6. The second kappa shape index (κ2) is 9.57. The van der Waals surface area contributed by atoms with Crippen LogP contribution in [0.2, 0.25) is 5.02 Å². The molecule has 2 aromatic heterocycles. The molecule has 0 amide bonds. The van der Waals surface area contributed by atoms with Crippen LogP contribution in [0.1, 0.15) is 42.8 Å². The van der Waals surface area contributed by atoms with Crippen LogP contribution in [0.3, 0.4) is 0 Å². The minimum Gasteiger partial charge on any atom is -0.309 e. The summed E-state index contributed by atoms with van der Waals surface area (Å²) in [6.45, 7) is 6.36. The molecule has 0 fully saturated rings. The standard InChI is InChI=1S/C22H30ClN5O/c1-5-18(24-12-9-13-26(3)4)19-14-20-21(23)16(2)25-28(20)22(29)27(19)15-17-10-7-6-8-11-17/h6-8,10-11,14,18,24H,5,9,12-13,15H2,1-4H3/t18-/m1/s1. The summed E-state index contributed by atoms with van der Waals surface area (Å²) in [7, 11) is 4.15. The maximum absolute atomic E-state index is 13.3. The van der Waals surface area contributed by atoms with Crippen LogP contribution in [0.15, 0.2) is 41.2 Å². The van der Waals surface area contributed by atoms with Gasteiger partial charge in [-0.05, 0) is 58.6 Å². The Bertz CT molecular complexity index is 1010. The zero-order chi connectivity index (χ0) is 21.0. The van der Waals surface area contributed by atoms with E-state index in [0.29, 0.717) is 22.8 Å². The lowest BCUT2D eigenvalue weighted by Crippen LogP contribution is -2.35. The molecule has 0 saturated heterocycles. The minimum atomic E-state index is -0.162. The number of benzene rings is 1. The van der Waals surface area contributed by atoms with E-state index < -0.39 is 0 Å². The van der Waals surface area contributed by atoms with E-state index in [1.807, 2.05) is 47.9 Å². The number of rotatable bonds is 9. The highest BCUT2D eigenvalue weighted by atomic mass is 35.5. The highest BCUT2D eigenvalue weighted by Crippen LogP contribution is 2.24. The van der Waals surface area contributed by atoms with Crippen molar-refractivity contribution in [3.63, 3.8) is 0 Å². The van der Waals surface area contributed by atoms with Crippen molar-refractivity contribution in [2.45, 2.75) is 39.3 Å². The first-order valence-electron chi connectivity index (χ1n) is 10.1. The van der Waals surface area contributed by atoms with E-state index in [9.17, 15) is 4.79 Å². The highest BCUT2D eigenvalue weighted by molar-refractivity contribution is 6.34. The van der Waals surface area contributed by atoms with Gasteiger partial charge in [0.05, 0.1) is 22.8 Å². The van der Waals surface area contributed by atoms with Gasteiger partial charge in [0.15, 0.2) is 0 Å². The van der Waals surface area contributed by atoms with Crippen LogP contribution in [0.25, 0.3) is 5.52 Å². The van der Waals surface area contributed by atoms with E-state index in [-0.39, 0.29) is 11.7 Å². The summed E-state index contributed by atoms with van der Waals surface area (Å²) in [4.78, 5) is 15.5. The lowest BCUT2D eigenvalue weighted by atomic mass is 10.1. The maximum atomic E-state index is 13.3. The topological polar surface area (TPSA) is 54.6 Å². The molecule has 0 aliphatic rings. The van der Waals surface area contributed by atoms with E-state index >= 15 is 0 Å². The Labute approximate surface area is 177 Å². The lowest BCUT2D eigenvalue weighted by Gasteiger charge is -2.23. The van der Waals surface area contributed by atoms with Crippen LogP contribution >= 0.6 is 11.6 Å². The quantitative estimate of drug-likeness (QED) is 0.543. The molecule has 0 aliphatic carbocycles. The van der Waals surface area contributed by atoms with Gasteiger partial charge in [0.25, 0.3) is 0 Å². The number of nitrogens with zero attached hydrogens (tertiary/aromatic N) is 4. The maximum Gasteiger partial charge on any atom is 0.349 e. The predicted molar refractivity (Wildman–Crippen MR) is 119 cm³/mol. The van der Waals surface area contributed by atoms with Gasteiger partial charge in [-0.2, -0.15) is 9.61 Å². The molecule has 0 unspecified atom stereocenters. The van der Waals surface area contributed by atoms with Crippen molar-refractivity contribution in [2.24, 2.45) is 0 Å². The molecule has 2 heterocycles. The molecule has 7 heteroatoms. The van der Waals surface area contributed by atoms with Gasteiger partial charge in [-0.3, -0.25) is 4.57 Å². The third-order valence-electron chi connectivity index (χ3n) is 5.15. The molecule has 3 rings (SSSR count). The normalized spacial score (nSPS) is 12.8. The number of halogens is 1. The van der Waals surface area contributed by atoms with Crippen molar-refractivity contribution in [3.8, 4) is 0 Å². The fourth-order valence-electron chi connectivity index (χ4n) is 3.58. The van der Waals surface area contributed by atoms with Gasteiger partial charge in [-0.25, -0.2) is 4.79 Å². The number of aromatic nitrogens is 3. The van der Waals surface area contributed by atoms with Crippen molar-refractivity contribution in [3.05, 3.63) is 68.9 Å². The van der Waals surface area contributed by atoms with Gasteiger partial charge in [-0.1, -0.05) is 48.9 Å². The van der Waals surface area contributed by atoms with Crippen molar-refractivity contribution in [2.75, 3.05) is 27.2 Å². The minimum absolute atomic E-state index is 0.0600. The van der Waals surface area contributed by atoms with Crippen molar-refractivity contribution < 1.29 is 0 Å². The van der Waals surface area contributed by atoms with Gasteiger partial charge >= 0.3 is 5.69 Å². The average molecular weight is 416 g/mol. The molecule has 0 spiro atoms. The highest BCUT2D eigenvalue weighted by Gasteiger charge is 2.20. The second-order valence-electron chi connectivity index (χ2n) is 7.69. The first-order valence-corrected chi connectivity index (χ1v) is 10.5. The molecule has 0 aliphatic heterocycles. The monoisotopic (exact) mass is 415 g/mol. The van der Waals surface area contributed by atoms with Crippen LogP contribution in [0, 0.1) is 6.92 Å². The summed E-state index contributed by atoms with van der Waals surface area (Å²) in [5, 5.41) is 8.53. The molecule has 156 valence electrons. The van der Waals surface area contributed by atoms with Gasteiger partial charge in [0, 0.05) is 11.7 Å². The molecular weight excluding hydrogens is 386 g/mol. The number of hydrogen-bond acceptors (Lipinski definition) is 4. The third-order valence-corrected chi connectivity index (χ3v) is 5.62. The van der Waals surface area contributed by atoms with E-state index in [1.165, 1.54) is 4.52 Å². The molecule has 1 aromatic carbocycles. The molecule has 29 heavy (non-hydrogen) atoms. The Balaban J connectivity index is 2.03. The van der Waals surface area contributed by atoms with Crippen LogP contribution in [-0.2, 0) is 6.54 Å². The average Bonchev–Trinajstić information content (AvgIpc) is 2.99. The number of nitrogens with one attached hydrogen (secondary N) is 1. The summed E-state index contributed by atoms with van der Waals surface area (Å²) in [6, 6.07) is 12.1. The zero-order valence-corrected chi connectivity index (χ0v) is 18.4. The van der Waals surface area contributed by atoms with E-state index in [2.05, 4.69) is 36.3 Å². The SMILES string of the molecule is CC[C@@H](NCCCN(C)C)c1cc2c(Cl)c(C)nn2c(=O)n1Cc1ccccc1. The Morgan fingerprint density at radius 2 is 1.97 bits per heavy atom. The first-order chi connectivity index (χ1) is 13.9. The van der Waals surface area contributed by atoms with Gasteiger partial charge in [-0.15, -0.1) is 0 Å². The number of aryl methyl sites for hydroxylation is 1. The molecule has 1 atom stereocenters. The van der Waals surface area contributed by atoms with Crippen LogP contribution in [-0.4, -0.2) is 46.3 Å². The molecular formula is C22H30ClN5O. The van der Waals surface area contributed by atoms with Crippen LogP contribution < -0.4 is 11.0 Å².